The third kappa shape index (κ3) is 39.5. The van der Waals surface area contributed by atoms with Crippen LogP contribution in [0.3, 0.4) is 0 Å². The zero-order chi connectivity index (χ0) is 53.6. The first-order chi connectivity index (χ1) is 35.6. The summed E-state index contributed by atoms with van der Waals surface area (Å²) in [6.07, 6.45) is 35.1. The van der Waals surface area contributed by atoms with Crippen molar-refractivity contribution < 1.29 is 62.0 Å². The molecule has 0 amide bonds. The number of hydrogen-bond acceptors (Lipinski definition) is 13. The minimum absolute atomic E-state index is 0. The van der Waals surface area contributed by atoms with Gasteiger partial charge in [-0.15, -0.1) is 0 Å². The number of methoxy groups -OCH3 is 1. The van der Waals surface area contributed by atoms with Crippen LogP contribution in [0.2, 0.25) is 5.82 Å². The predicted octanol–water partition coefficient (Wildman–Crippen LogP) is 14.0. The molecule has 0 bridgehead atoms. The van der Waals surface area contributed by atoms with Gasteiger partial charge < -0.3 is 33.2 Å². The Balaban J connectivity index is 0.00000310. The first kappa shape index (κ1) is 71.2. The van der Waals surface area contributed by atoms with Crippen LogP contribution < -0.4 is 0 Å². The Morgan fingerprint density at radius 1 is 0.419 bits per heavy atom. The van der Waals surface area contributed by atoms with Crippen LogP contribution in [-0.2, 0) is 62.0 Å². The fourth-order valence-corrected chi connectivity index (χ4v) is 10.5. The minimum Gasteiger partial charge on any atom is -0.303 e. The van der Waals surface area contributed by atoms with Crippen LogP contribution in [0, 0.1) is 23.7 Å². The van der Waals surface area contributed by atoms with Gasteiger partial charge in [-0.1, -0.05) is 163 Å². The maximum absolute atomic E-state index is 12.8. The van der Waals surface area contributed by atoms with Crippen LogP contribution in [0.5, 0.6) is 0 Å². The standard InChI is InChI=1S/C47H78O12.C9H16O.C2H6.CH3Se.CH4/c1-54-33-41(34-55-43(49)30-27-37-17-7-2-8-18-37)58-46(52)25-15-5-13-23-40(48)24-14-6-16-26-47(53)59-42(35-56-44(50)31-28-38-19-9-3-10-20-38)36-57-45(51)32-29-39-21-11-4-12-22-39;10-8-4-7-9-5-2-1-3-6-9;2*1-2;/h37-39,41-42H,2-36H2,1H3;8-9H,1-7H2;1-2H3;1H3;1H4. The monoisotopic (exact) mass is 1120 g/mol. The van der Waals surface area contributed by atoms with Gasteiger partial charge in [0.05, 0.1) is 6.61 Å². The van der Waals surface area contributed by atoms with Crippen LogP contribution in [-0.4, -0.2) is 104 Å². The van der Waals surface area contributed by atoms with Crippen molar-refractivity contribution in [3.8, 4) is 0 Å². The zero-order valence-corrected chi connectivity index (χ0v) is 48.2. The topological polar surface area (TPSA) is 175 Å². The van der Waals surface area contributed by atoms with Crippen molar-refractivity contribution in [3.63, 3.8) is 0 Å². The van der Waals surface area contributed by atoms with E-state index in [-0.39, 0.29) is 76.4 Å². The molecule has 4 fully saturated rings. The number of aldehydes is 1. The van der Waals surface area contributed by atoms with Gasteiger partial charge in [0.1, 0.15) is 31.9 Å². The van der Waals surface area contributed by atoms with Crippen molar-refractivity contribution in [1.29, 1.82) is 0 Å². The molecule has 74 heavy (non-hydrogen) atoms. The Morgan fingerprint density at radius 2 is 0.716 bits per heavy atom. The summed E-state index contributed by atoms with van der Waals surface area (Å²) in [5.74, 6) is 2.86. The molecule has 4 aliphatic carbocycles. The molecule has 431 valence electrons. The molecule has 4 rings (SSSR count). The molecule has 1 atom stereocenters. The van der Waals surface area contributed by atoms with E-state index in [2.05, 4.69) is 16.0 Å². The van der Waals surface area contributed by atoms with Gasteiger partial charge in [0, 0.05) is 58.5 Å². The van der Waals surface area contributed by atoms with Crippen LogP contribution in [0.15, 0.2) is 0 Å². The van der Waals surface area contributed by atoms with Gasteiger partial charge in [0.15, 0.2) is 12.2 Å². The number of ketones is 1. The van der Waals surface area contributed by atoms with E-state index >= 15 is 0 Å². The van der Waals surface area contributed by atoms with Crippen LogP contribution in [0.4, 0.5) is 0 Å². The summed E-state index contributed by atoms with van der Waals surface area (Å²) in [6.45, 7) is 3.83. The van der Waals surface area contributed by atoms with Crippen molar-refractivity contribution in [2.24, 2.45) is 23.7 Å². The molecule has 0 saturated heterocycles. The molecule has 0 aromatic heterocycles. The van der Waals surface area contributed by atoms with E-state index in [0.717, 1.165) is 70.0 Å². The number of carbonyl (C=O) groups excluding carboxylic acids is 7. The molecule has 14 heteroatoms. The molecule has 1 radical (unpaired) electrons. The summed E-state index contributed by atoms with van der Waals surface area (Å²) in [5, 5.41) is 0. The number of esters is 5. The normalized spacial score (nSPS) is 16.7. The Morgan fingerprint density at radius 3 is 1.03 bits per heavy atom. The summed E-state index contributed by atoms with van der Waals surface area (Å²) >= 11 is 2.62. The Hall–Kier alpha value is -2.83. The molecule has 0 N–H and O–H groups in total. The molecular weight excluding hydrogens is 1010 g/mol. The van der Waals surface area contributed by atoms with Gasteiger partial charge >= 0.3 is 51.7 Å². The number of unbranched alkanes of at least 4 members (excludes halogenated alkanes) is 4. The average Bonchev–Trinajstić information content (AvgIpc) is 3.43. The largest absolute Gasteiger partial charge is 0.303 e. The van der Waals surface area contributed by atoms with Gasteiger partial charge in [0.25, 0.3) is 0 Å². The average molecular weight is 1120 g/mol. The van der Waals surface area contributed by atoms with Crippen molar-refractivity contribution in [2.45, 2.75) is 283 Å². The molecule has 1 unspecified atom stereocenters. The zero-order valence-electron chi connectivity index (χ0n) is 46.5. The molecule has 4 aliphatic rings. The van der Waals surface area contributed by atoms with Gasteiger partial charge in [-0.25, -0.2) is 0 Å². The van der Waals surface area contributed by atoms with E-state index in [4.69, 9.17) is 28.4 Å². The molecule has 0 aromatic carbocycles. The smallest absolute Gasteiger partial charge is 0.120 e. The Labute approximate surface area is 458 Å². The number of rotatable bonds is 34. The molecule has 0 aromatic rings. The van der Waals surface area contributed by atoms with E-state index in [9.17, 15) is 33.6 Å². The van der Waals surface area contributed by atoms with Crippen LogP contribution in [0.25, 0.3) is 0 Å². The van der Waals surface area contributed by atoms with Gasteiger partial charge in [0.2, 0.25) is 0 Å². The summed E-state index contributed by atoms with van der Waals surface area (Å²) in [7, 11) is 1.51. The predicted molar refractivity (Wildman–Crippen MR) is 295 cm³/mol. The minimum atomic E-state index is -0.861. The SMILES string of the molecule is C.CC.COCC(COC(=O)CCC1CCCCC1)OC(=O)CCCCCC(=O)CCCCCC(=O)OC(COC(=O)CCC1CCCCC1)COC(=O)CCC1CCCCC1.C[Se].O=CCCC1CCCCC1. The maximum Gasteiger partial charge on any atom is 0.120 e. The second kappa shape index (κ2) is 49.7. The first-order valence-corrected chi connectivity index (χ1v) is 31.1. The van der Waals surface area contributed by atoms with Gasteiger partial charge in [-0.2, -0.15) is 0 Å². The number of Topliss-reactive ketones (excluding diaryl/α,β-unsaturated/α-hetero) is 1. The Bertz CT molecular complexity index is 1380. The first-order valence-electron chi connectivity index (χ1n) is 29.3. The number of hydrogen-bond donors (Lipinski definition) is 0. The summed E-state index contributed by atoms with van der Waals surface area (Å²) < 4.78 is 32.6. The summed E-state index contributed by atoms with van der Waals surface area (Å²) in [5.41, 5.74) is 0. The van der Waals surface area contributed by atoms with Gasteiger partial charge in [-0.3, -0.25) is 28.8 Å². The molecule has 13 nitrogen and oxygen atoms in total. The van der Waals surface area contributed by atoms with Crippen LogP contribution in [0.1, 0.15) is 265 Å². The fraction of sp³-hybridized carbons (Fsp3) is 0.883. The summed E-state index contributed by atoms with van der Waals surface area (Å²) in [4.78, 5) is 85.0. The number of carbonyl (C=O) groups is 7. The maximum atomic E-state index is 12.8. The Kier molecular flexibility index (Phi) is 47.8. The molecule has 0 heterocycles. The van der Waals surface area contributed by atoms with E-state index < -0.39 is 18.2 Å². The molecule has 0 spiro atoms. The third-order valence-electron chi connectivity index (χ3n) is 14.8. The molecule has 0 aliphatic heterocycles. The van der Waals surface area contributed by atoms with Gasteiger partial charge in [-0.05, 0) is 75.0 Å². The molecular formula is C60H107O13Se. The second-order valence-corrected chi connectivity index (χ2v) is 20.8. The number of ether oxygens (including phenoxy) is 6. The van der Waals surface area contributed by atoms with Crippen LogP contribution >= 0.6 is 0 Å². The fourth-order valence-electron chi connectivity index (χ4n) is 10.5. The van der Waals surface area contributed by atoms with Crippen molar-refractivity contribution in [1.82, 2.24) is 0 Å². The molecule has 4 saturated carbocycles. The quantitative estimate of drug-likeness (QED) is 0.0196. The summed E-state index contributed by atoms with van der Waals surface area (Å²) in [6, 6.07) is 0. The van der Waals surface area contributed by atoms with E-state index in [0.29, 0.717) is 88.4 Å². The van der Waals surface area contributed by atoms with E-state index in [1.54, 1.807) is 0 Å². The third-order valence-corrected chi connectivity index (χ3v) is 14.8. The van der Waals surface area contributed by atoms with Crippen molar-refractivity contribution >= 4 is 57.9 Å². The van der Waals surface area contributed by atoms with E-state index in [1.807, 2.05) is 19.7 Å². The van der Waals surface area contributed by atoms with Crippen molar-refractivity contribution in [3.05, 3.63) is 0 Å². The van der Waals surface area contributed by atoms with Crippen molar-refractivity contribution in [2.75, 3.05) is 33.5 Å². The second-order valence-electron chi connectivity index (χ2n) is 20.8. The van der Waals surface area contributed by atoms with E-state index in [1.165, 1.54) is 110 Å².